The van der Waals surface area contributed by atoms with Gasteiger partial charge in [-0.05, 0) is 61.4 Å². The topological polar surface area (TPSA) is 67.8 Å². The molecule has 6 heteroatoms. The van der Waals surface area contributed by atoms with Crippen LogP contribution in [-0.4, -0.2) is 20.9 Å². The average molecular weight is 403 g/mol. The molecule has 3 heterocycles. The second-order valence-corrected chi connectivity index (χ2v) is 7.24. The summed E-state index contributed by atoms with van der Waals surface area (Å²) in [7, 11) is 0. The van der Waals surface area contributed by atoms with Crippen LogP contribution in [0.2, 0.25) is 5.02 Å². The van der Waals surface area contributed by atoms with E-state index in [0.29, 0.717) is 21.8 Å². The summed E-state index contributed by atoms with van der Waals surface area (Å²) in [4.78, 5) is 26.1. The van der Waals surface area contributed by atoms with Gasteiger partial charge in [-0.1, -0.05) is 17.7 Å². The molecule has 0 aliphatic rings. The van der Waals surface area contributed by atoms with E-state index in [1.54, 1.807) is 30.9 Å². The van der Waals surface area contributed by atoms with Crippen LogP contribution in [-0.2, 0) is 0 Å². The molecule has 29 heavy (non-hydrogen) atoms. The van der Waals surface area contributed by atoms with E-state index >= 15 is 0 Å². The Balaban J connectivity index is 1.82. The summed E-state index contributed by atoms with van der Waals surface area (Å²) in [6, 6.07) is 12.8. The SMILES string of the molecule is Cc1c(Cl)ccc2c(C(=O)N[C@@H](C)c3ccncc3)cc(-c3ccncc3)nc12. The Morgan fingerprint density at radius 2 is 1.66 bits per heavy atom. The number of halogens is 1. The zero-order valence-electron chi connectivity index (χ0n) is 16.1. The van der Waals surface area contributed by atoms with Gasteiger partial charge in [0.15, 0.2) is 0 Å². The normalized spacial score (nSPS) is 12.0. The van der Waals surface area contributed by atoms with Gasteiger partial charge in [0.2, 0.25) is 0 Å². The number of hydrogen-bond donors (Lipinski definition) is 1. The summed E-state index contributed by atoms with van der Waals surface area (Å²) in [6.45, 7) is 3.86. The highest BCUT2D eigenvalue weighted by atomic mass is 35.5. The minimum atomic E-state index is -0.168. The maximum Gasteiger partial charge on any atom is 0.252 e. The molecular weight excluding hydrogens is 384 g/mol. The predicted octanol–water partition coefficient (Wildman–Crippen LogP) is 5.14. The maximum atomic E-state index is 13.2. The number of hydrogen-bond acceptors (Lipinski definition) is 4. The number of nitrogens with one attached hydrogen (secondary N) is 1. The van der Waals surface area contributed by atoms with Gasteiger partial charge in [-0.15, -0.1) is 0 Å². The number of benzene rings is 1. The molecular formula is C23H19ClN4O. The summed E-state index contributed by atoms with van der Waals surface area (Å²) in [6.07, 6.45) is 6.84. The Morgan fingerprint density at radius 3 is 2.34 bits per heavy atom. The molecule has 0 unspecified atom stereocenters. The standard InChI is InChI=1S/C23H19ClN4O/c1-14-20(24)4-3-18-19(23(29)27-15(2)16-5-9-25-10-6-16)13-21(28-22(14)18)17-7-11-26-12-8-17/h3-13,15H,1-2H3,(H,27,29)/t15-/m0/s1. The highest BCUT2D eigenvalue weighted by Gasteiger charge is 2.18. The monoisotopic (exact) mass is 402 g/mol. The highest BCUT2D eigenvalue weighted by Crippen LogP contribution is 2.30. The molecule has 0 saturated heterocycles. The molecule has 0 saturated carbocycles. The van der Waals surface area contributed by atoms with Gasteiger partial charge in [0.05, 0.1) is 22.8 Å². The van der Waals surface area contributed by atoms with E-state index in [2.05, 4.69) is 15.3 Å². The van der Waals surface area contributed by atoms with Crippen LogP contribution in [0.4, 0.5) is 0 Å². The number of amides is 1. The Kier molecular flexibility index (Phi) is 5.23. The lowest BCUT2D eigenvalue weighted by molar-refractivity contribution is 0.0941. The average Bonchev–Trinajstić information content (AvgIpc) is 2.77. The Morgan fingerprint density at radius 1 is 1.00 bits per heavy atom. The van der Waals surface area contributed by atoms with Gasteiger partial charge in [0.25, 0.3) is 5.91 Å². The third-order valence-electron chi connectivity index (χ3n) is 4.94. The number of aryl methyl sites for hydroxylation is 1. The van der Waals surface area contributed by atoms with Gasteiger partial charge in [-0.2, -0.15) is 0 Å². The van der Waals surface area contributed by atoms with Crippen LogP contribution in [0.5, 0.6) is 0 Å². The summed E-state index contributed by atoms with van der Waals surface area (Å²) in [5.41, 5.74) is 4.69. The highest BCUT2D eigenvalue weighted by molar-refractivity contribution is 6.32. The van der Waals surface area contributed by atoms with Gasteiger partial charge in [0.1, 0.15) is 0 Å². The van der Waals surface area contributed by atoms with Crippen molar-refractivity contribution in [3.63, 3.8) is 0 Å². The summed E-state index contributed by atoms with van der Waals surface area (Å²) in [5.74, 6) is -0.168. The van der Waals surface area contributed by atoms with E-state index < -0.39 is 0 Å². The fraction of sp³-hybridized carbons (Fsp3) is 0.130. The molecule has 0 aliphatic heterocycles. The van der Waals surface area contributed by atoms with Crippen LogP contribution in [0.1, 0.15) is 34.5 Å². The van der Waals surface area contributed by atoms with E-state index in [4.69, 9.17) is 16.6 Å². The van der Waals surface area contributed by atoms with Crippen molar-refractivity contribution in [3.05, 3.63) is 89.0 Å². The lowest BCUT2D eigenvalue weighted by Gasteiger charge is -2.16. The number of rotatable bonds is 4. The molecule has 4 rings (SSSR count). The zero-order chi connectivity index (χ0) is 20.4. The fourth-order valence-electron chi connectivity index (χ4n) is 3.27. The number of fused-ring (bicyclic) bond motifs is 1. The molecule has 0 spiro atoms. The number of carbonyl (C=O) groups is 1. The quantitative estimate of drug-likeness (QED) is 0.513. The van der Waals surface area contributed by atoms with E-state index in [1.165, 1.54) is 0 Å². The van der Waals surface area contributed by atoms with Crippen LogP contribution in [0.3, 0.4) is 0 Å². The van der Waals surface area contributed by atoms with Crippen LogP contribution < -0.4 is 5.32 Å². The molecule has 5 nitrogen and oxygen atoms in total. The van der Waals surface area contributed by atoms with Crippen LogP contribution in [0, 0.1) is 6.92 Å². The van der Waals surface area contributed by atoms with E-state index in [1.807, 2.05) is 50.2 Å². The molecule has 0 fully saturated rings. The molecule has 1 amide bonds. The first-order valence-electron chi connectivity index (χ1n) is 9.25. The van der Waals surface area contributed by atoms with Gasteiger partial charge in [0, 0.05) is 40.8 Å². The van der Waals surface area contributed by atoms with Gasteiger partial charge in [-0.3, -0.25) is 14.8 Å². The lowest BCUT2D eigenvalue weighted by Crippen LogP contribution is -2.27. The molecule has 144 valence electrons. The molecule has 1 atom stereocenters. The third-order valence-corrected chi connectivity index (χ3v) is 5.35. The molecule has 1 aromatic carbocycles. The number of carbonyl (C=O) groups excluding carboxylic acids is 1. The van der Waals surface area contributed by atoms with Crippen molar-refractivity contribution in [1.29, 1.82) is 0 Å². The Hall–Kier alpha value is -3.31. The van der Waals surface area contributed by atoms with Crippen LogP contribution in [0.25, 0.3) is 22.2 Å². The first-order chi connectivity index (χ1) is 14.0. The van der Waals surface area contributed by atoms with Crippen molar-refractivity contribution in [3.8, 4) is 11.3 Å². The van der Waals surface area contributed by atoms with Crippen LogP contribution >= 0.6 is 11.6 Å². The fourth-order valence-corrected chi connectivity index (χ4v) is 3.42. The number of nitrogens with zero attached hydrogens (tertiary/aromatic N) is 3. The molecule has 1 N–H and O–H groups in total. The second kappa shape index (κ2) is 7.97. The minimum Gasteiger partial charge on any atom is -0.345 e. The Bertz CT molecular complexity index is 1180. The first-order valence-corrected chi connectivity index (χ1v) is 9.63. The van der Waals surface area contributed by atoms with Crippen molar-refractivity contribution in [1.82, 2.24) is 20.3 Å². The lowest BCUT2D eigenvalue weighted by atomic mass is 10.0. The van der Waals surface area contributed by atoms with Crippen LogP contribution in [0.15, 0.2) is 67.3 Å². The molecule has 0 bridgehead atoms. The predicted molar refractivity (Wildman–Crippen MR) is 115 cm³/mol. The van der Waals surface area contributed by atoms with E-state index in [9.17, 15) is 4.79 Å². The largest absolute Gasteiger partial charge is 0.345 e. The maximum absolute atomic E-state index is 13.2. The molecule has 4 aromatic rings. The molecule has 3 aromatic heterocycles. The minimum absolute atomic E-state index is 0.161. The molecule has 0 radical (unpaired) electrons. The summed E-state index contributed by atoms with van der Waals surface area (Å²) in [5, 5.41) is 4.46. The van der Waals surface area contributed by atoms with E-state index in [0.717, 1.165) is 22.1 Å². The summed E-state index contributed by atoms with van der Waals surface area (Å²) < 4.78 is 0. The Labute approximate surface area is 173 Å². The van der Waals surface area contributed by atoms with Crippen molar-refractivity contribution in [2.24, 2.45) is 0 Å². The third kappa shape index (κ3) is 3.82. The van der Waals surface area contributed by atoms with Gasteiger partial charge in [-0.25, -0.2) is 4.98 Å². The molecule has 0 aliphatic carbocycles. The summed E-state index contributed by atoms with van der Waals surface area (Å²) >= 11 is 6.33. The second-order valence-electron chi connectivity index (χ2n) is 6.84. The van der Waals surface area contributed by atoms with Crippen molar-refractivity contribution >= 4 is 28.4 Å². The van der Waals surface area contributed by atoms with Crippen molar-refractivity contribution in [2.45, 2.75) is 19.9 Å². The van der Waals surface area contributed by atoms with Crippen molar-refractivity contribution < 1.29 is 4.79 Å². The number of aromatic nitrogens is 3. The first kappa shape index (κ1) is 19.0. The zero-order valence-corrected chi connectivity index (χ0v) is 16.8. The smallest absolute Gasteiger partial charge is 0.252 e. The van der Waals surface area contributed by atoms with Crippen molar-refractivity contribution in [2.75, 3.05) is 0 Å². The van der Waals surface area contributed by atoms with Gasteiger partial charge >= 0.3 is 0 Å². The van der Waals surface area contributed by atoms with Gasteiger partial charge < -0.3 is 5.32 Å². The van der Waals surface area contributed by atoms with E-state index in [-0.39, 0.29) is 11.9 Å². The number of pyridine rings is 3.